The van der Waals surface area contributed by atoms with Crippen LogP contribution in [-0.2, 0) is 9.47 Å². The van der Waals surface area contributed by atoms with E-state index in [0.717, 1.165) is 24.3 Å². The number of benzene rings is 1. The lowest BCUT2D eigenvalue weighted by Crippen LogP contribution is -2.48. The quantitative estimate of drug-likeness (QED) is 0.801. The molecule has 1 saturated heterocycles. The van der Waals surface area contributed by atoms with E-state index in [4.69, 9.17) is 14.2 Å². The number of morpholine rings is 1. The lowest BCUT2D eigenvalue weighted by molar-refractivity contribution is -0.0277. The summed E-state index contributed by atoms with van der Waals surface area (Å²) in [4.78, 5) is 14.1. The third kappa shape index (κ3) is 3.29. The molecule has 0 bridgehead atoms. The molecule has 21 heavy (non-hydrogen) atoms. The average molecular weight is 293 g/mol. The summed E-state index contributed by atoms with van der Waals surface area (Å²) >= 11 is 0. The molecular formula is C16H23NO4. The van der Waals surface area contributed by atoms with Crippen LogP contribution < -0.4 is 9.64 Å². The van der Waals surface area contributed by atoms with Crippen LogP contribution in [-0.4, -0.2) is 45.5 Å². The maximum atomic E-state index is 11.8. The first-order valence-electron chi connectivity index (χ1n) is 7.04. The fourth-order valence-corrected chi connectivity index (χ4v) is 2.67. The summed E-state index contributed by atoms with van der Waals surface area (Å²) in [7, 11) is 2.99. The maximum Gasteiger partial charge on any atom is 0.338 e. The predicted molar refractivity (Wildman–Crippen MR) is 81.3 cm³/mol. The number of anilines is 1. The van der Waals surface area contributed by atoms with E-state index in [9.17, 15) is 4.79 Å². The van der Waals surface area contributed by atoms with E-state index in [1.54, 1.807) is 13.2 Å². The van der Waals surface area contributed by atoms with Crippen LogP contribution in [0.2, 0.25) is 0 Å². The molecule has 116 valence electrons. The zero-order valence-corrected chi connectivity index (χ0v) is 13.4. The average Bonchev–Trinajstić information content (AvgIpc) is 2.45. The standard InChI is InChI=1S/C16H23NO4/c1-11-13(17-6-7-21-16(2,3)10-17)8-12(15(18)20-5)9-14(11)19-4/h8-9H,6-7,10H2,1-5H3. The minimum Gasteiger partial charge on any atom is -0.496 e. The fourth-order valence-electron chi connectivity index (χ4n) is 2.67. The van der Waals surface area contributed by atoms with Crippen molar-refractivity contribution in [2.75, 3.05) is 38.8 Å². The van der Waals surface area contributed by atoms with Crippen molar-refractivity contribution in [2.24, 2.45) is 0 Å². The summed E-state index contributed by atoms with van der Waals surface area (Å²) in [6.07, 6.45) is 0. The minimum atomic E-state index is -0.359. The first-order valence-corrected chi connectivity index (χ1v) is 7.04. The van der Waals surface area contributed by atoms with Crippen molar-refractivity contribution in [2.45, 2.75) is 26.4 Å². The van der Waals surface area contributed by atoms with Gasteiger partial charge < -0.3 is 19.1 Å². The number of ether oxygens (including phenoxy) is 3. The molecule has 2 rings (SSSR count). The van der Waals surface area contributed by atoms with Gasteiger partial charge in [0, 0.05) is 24.3 Å². The summed E-state index contributed by atoms with van der Waals surface area (Å²) < 4.78 is 16.0. The van der Waals surface area contributed by atoms with Gasteiger partial charge in [-0.1, -0.05) is 0 Å². The van der Waals surface area contributed by atoms with E-state index in [2.05, 4.69) is 18.7 Å². The Morgan fingerprint density at radius 1 is 1.33 bits per heavy atom. The molecule has 5 heteroatoms. The van der Waals surface area contributed by atoms with Crippen LogP contribution in [0.25, 0.3) is 0 Å². The fraction of sp³-hybridized carbons (Fsp3) is 0.562. The predicted octanol–water partition coefficient (Wildman–Crippen LogP) is 2.41. The van der Waals surface area contributed by atoms with Gasteiger partial charge in [-0.05, 0) is 32.9 Å². The highest BCUT2D eigenvalue weighted by Gasteiger charge is 2.29. The molecule has 1 heterocycles. The molecule has 1 aliphatic rings. The number of methoxy groups -OCH3 is 2. The molecule has 0 radical (unpaired) electrons. The van der Waals surface area contributed by atoms with E-state index in [1.165, 1.54) is 7.11 Å². The summed E-state index contributed by atoms with van der Waals surface area (Å²) in [5.41, 5.74) is 2.30. The van der Waals surface area contributed by atoms with Gasteiger partial charge in [0.15, 0.2) is 0 Å². The van der Waals surface area contributed by atoms with Crippen molar-refractivity contribution in [3.05, 3.63) is 23.3 Å². The Bertz CT molecular complexity index is 539. The van der Waals surface area contributed by atoms with Crippen molar-refractivity contribution >= 4 is 11.7 Å². The second-order valence-corrected chi connectivity index (χ2v) is 5.84. The molecule has 1 aromatic carbocycles. The molecule has 0 saturated carbocycles. The molecule has 0 atom stereocenters. The summed E-state index contributed by atoms with van der Waals surface area (Å²) in [6, 6.07) is 3.58. The molecule has 1 aliphatic heterocycles. The third-order valence-electron chi connectivity index (χ3n) is 3.74. The highest BCUT2D eigenvalue weighted by molar-refractivity contribution is 5.91. The second kappa shape index (κ2) is 5.93. The first-order chi connectivity index (χ1) is 9.88. The molecular weight excluding hydrogens is 270 g/mol. The molecule has 1 aromatic rings. The van der Waals surface area contributed by atoms with Gasteiger partial charge in [0.05, 0.1) is 32.0 Å². The Labute approximate surface area is 125 Å². The van der Waals surface area contributed by atoms with Crippen LogP contribution in [0, 0.1) is 6.92 Å². The van der Waals surface area contributed by atoms with Crippen LogP contribution in [0.3, 0.4) is 0 Å². The molecule has 5 nitrogen and oxygen atoms in total. The van der Waals surface area contributed by atoms with Crippen LogP contribution in [0.15, 0.2) is 12.1 Å². The highest BCUT2D eigenvalue weighted by Crippen LogP contribution is 2.33. The molecule has 1 fully saturated rings. The van der Waals surface area contributed by atoms with Gasteiger partial charge in [0.1, 0.15) is 5.75 Å². The topological polar surface area (TPSA) is 48.0 Å². The lowest BCUT2D eigenvalue weighted by Gasteiger charge is -2.40. The SMILES string of the molecule is COC(=O)c1cc(OC)c(C)c(N2CCOC(C)(C)C2)c1. The number of rotatable bonds is 3. The van der Waals surface area contributed by atoms with Crippen LogP contribution in [0.5, 0.6) is 5.75 Å². The monoisotopic (exact) mass is 293 g/mol. The second-order valence-electron chi connectivity index (χ2n) is 5.84. The molecule has 0 amide bonds. The highest BCUT2D eigenvalue weighted by atomic mass is 16.5. The number of nitrogens with zero attached hydrogens (tertiary/aromatic N) is 1. The molecule has 0 aliphatic carbocycles. The number of carbonyl (C=O) groups is 1. The van der Waals surface area contributed by atoms with E-state index in [-0.39, 0.29) is 11.6 Å². The van der Waals surface area contributed by atoms with E-state index in [1.807, 2.05) is 13.0 Å². The number of hydrogen-bond donors (Lipinski definition) is 0. The summed E-state index contributed by atoms with van der Waals surface area (Å²) in [5.74, 6) is 0.333. The molecule has 0 unspecified atom stereocenters. The number of hydrogen-bond acceptors (Lipinski definition) is 5. The van der Waals surface area contributed by atoms with Crippen molar-refractivity contribution in [1.29, 1.82) is 0 Å². The van der Waals surface area contributed by atoms with Gasteiger partial charge in [-0.3, -0.25) is 0 Å². The van der Waals surface area contributed by atoms with Crippen LogP contribution in [0.4, 0.5) is 5.69 Å². The number of carbonyl (C=O) groups excluding carboxylic acids is 1. The Hall–Kier alpha value is -1.75. The largest absolute Gasteiger partial charge is 0.496 e. The summed E-state index contributed by atoms with van der Waals surface area (Å²) in [6.45, 7) is 8.35. The smallest absolute Gasteiger partial charge is 0.338 e. The zero-order valence-electron chi connectivity index (χ0n) is 13.4. The van der Waals surface area contributed by atoms with Gasteiger partial charge >= 0.3 is 5.97 Å². The summed E-state index contributed by atoms with van der Waals surface area (Å²) in [5, 5.41) is 0. The van der Waals surface area contributed by atoms with Crippen molar-refractivity contribution < 1.29 is 19.0 Å². The molecule has 0 spiro atoms. The normalized spacial score (nSPS) is 17.5. The Morgan fingerprint density at radius 3 is 2.62 bits per heavy atom. The third-order valence-corrected chi connectivity index (χ3v) is 3.74. The van der Waals surface area contributed by atoms with Crippen molar-refractivity contribution in [1.82, 2.24) is 0 Å². The van der Waals surface area contributed by atoms with E-state index >= 15 is 0 Å². The van der Waals surface area contributed by atoms with Gasteiger partial charge in [-0.15, -0.1) is 0 Å². The van der Waals surface area contributed by atoms with Crippen molar-refractivity contribution in [3.63, 3.8) is 0 Å². The Kier molecular flexibility index (Phi) is 4.42. The van der Waals surface area contributed by atoms with Gasteiger partial charge in [0.25, 0.3) is 0 Å². The van der Waals surface area contributed by atoms with Crippen LogP contribution in [0.1, 0.15) is 29.8 Å². The zero-order chi connectivity index (χ0) is 15.6. The molecule has 0 aromatic heterocycles. The first kappa shape index (κ1) is 15.6. The Balaban J connectivity index is 2.44. The number of esters is 1. The van der Waals surface area contributed by atoms with E-state index < -0.39 is 0 Å². The van der Waals surface area contributed by atoms with Crippen molar-refractivity contribution in [3.8, 4) is 5.75 Å². The van der Waals surface area contributed by atoms with E-state index in [0.29, 0.717) is 17.9 Å². The maximum absolute atomic E-state index is 11.8. The van der Waals surface area contributed by atoms with Crippen LogP contribution >= 0.6 is 0 Å². The van der Waals surface area contributed by atoms with Gasteiger partial charge in [-0.25, -0.2) is 4.79 Å². The van der Waals surface area contributed by atoms with Gasteiger partial charge in [0.2, 0.25) is 0 Å². The lowest BCUT2D eigenvalue weighted by atomic mass is 10.0. The minimum absolute atomic E-state index is 0.209. The molecule has 0 N–H and O–H groups in total. The van der Waals surface area contributed by atoms with Gasteiger partial charge in [-0.2, -0.15) is 0 Å². The Morgan fingerprint density at radius 2 is 2.05 bits per heavy atom.